The molecule has 0 bridgehead atoms. The lowest BCUT2D eigenvalue weighted by Gasteiger charge is -2.26. The van der Waals surface area contributed by atoms with Gasteiger partial charge in [-0.2, -0.15) is 0 Å². The summed E-state index contributed by atoms with van der Waals surface area (Å²) in [5.41, 5.74) is 1.65. The van der Waals surface area contributed by atoms with Gasteiger partial charge in [0.05, 0.1) is 12.0 Å². The fraction of sp³-hybridized carbons (Fsp3) is 0.238. The van der Waals surface area contributed by atoms with E-state index in [1.54, 1.807) is 12.3 Å². The van der Waals surface area contributed by atoms with Crippen LogP contribution in [0.25, 0.3) is 0 Å². The average Bonchev–Trinajstić information content (AvgIpc) is 3.15. The number of nitrogens with one attached hydrogen (secondary N) is 1. The molecular formula is C21H20FN3O. The van der Waals surface area contributed by atoms with E-state index in [4.69, 9.17) is 0 Å². The van der Waals surface area contributed by atoms with Crippen molar-refractivity contribution in [3.8, 4) is 0 Å². The molecule has 26 heavy (non-hydrogen) atoms. The molecule has 1 N–H and O–H groups in total. The zero-order chi connectivity index (χ0) is 17.9. The van der Waals surface area contributed by atoms with Gasteiger partial charge in [0.2, 0.25) is 5.91 Å². The molecule has 2 atom stereocenters. The third kappa shape index (κ3) is 3.25. The number of fused-ring (bicyclic) bond motifs is 1. The molecule has 4 nitrogen and oxygen atoms in total. The van der Waals surface area contributed by atoms with Crippen molar-refractivity contribution in [3.63, 3.8) is 0 Å². The van der Waals surface area contributed by atoms with Gasteiger partial charge in [0.25, 0.3) is 0 Å². The van der Waals surface area contributed by atoms with Crippen molar-refractivity contribution in [3.05, 3.63) is 89.8 Å². The SMILES string of the molecule is O=C(N[C@@H](c1ccccc1)c1cccc(F)c1)[C@H]1CCCn2ccnc21. The smallest absolute Gasteiger partial charge is 0.231 e. The molecule has 0 saturated heterocycles. The van der Waals surface area contributed by atoms with Crippen LogP contribution in [-0.2, 0) is 11.3 Å². The maximum absolute atomic E-state index is 13.8. The van der Waals surface area contributed by atoms with Crippen LogP contribution in [0.15, 0.2) is 67.0 Å². The summed E-state index contributed by atoms with van der Waals surface area (Å²) in [4.78, 5) is 17.4. The molecule has 0 aliphatic carbocycles. The lowest BCUT2D eigenvalue weighted by Crippen LogP contribution is -2.36. The highest BCUT2D eigenvalue weighted by molar-refractivity contribution is 5.83. The molecule has 0 unspecified atom stereocenters. The first-order valence-corrected chi connectivity index (χ1v) is 8.84. The van der Waals surface area contributed by atoms with E-state index >= 15 is 0 Å². The summed E-state index contributed by atoms with van der Waals surface area (Å²) in [7, 11) is 0. The van der Waals surface area contributed by atoms with Crippen LogP contribution in [0.3, 0.4) is 0 Å². The Bertz CT molecular complexity index is 906. The number of imidazole rings is 1. The molecule has 2 heterocycles. The van der Waals surface area contributed by atoms with Gasteiger partial charge < -0.3 is 9.88 Å². The molecule has 0 saturated carbocycles. The second-order valence-corrected chi connectivity index (χ2v) is 6.58. The molecule has 132 valence electrons. The summed E-state index contributed by atoms with van der Waals surface area (Å²) >= 11 is 0. The van der Waals surface area contributed by atoms with Gasteiger partial charge in [-0.25, -0.2) is 9.37 Å². The fourth-order valence-electron chi connectivity index (χ4n) is 3.60. The minimum absolute atomic E-state index is 0.0738. The van der Waals surface area contributed by atoms with E-state index in [2.05, 4.69) is 10.3 Å². The van der Waals surface area contributed by atoms with Crippen molar-refractivity contribution in [2.75, 3.05) is 0 Å². The van der Waals surface area contributed by atoms with Crippen molar-refractivity contribution in [1.29, 1.82) is 0 Å². The number of benzene rings is 2. The Morgan fingerprint density at radius 1 is 1.15 bits per heavy atom. The fourth-order valence-corrected chi connectivity index (χ4v) is 3.60. The predicted molar refractivity (Wildman–Crippen MR) is 97.0 cm³/mol. The van der Waals surface area contributed by atoms with E-state index in [-0.39, 0.29) is 17.6 Å². The van der Waals surface area contributed by atoms with Crippen molar-refractivity contribution in [2.45, 2.75) is 31.3 Å². The number of aryl methyl sites for hydroxylation is 1. The summed E-state index contributed by atoms with van der Waals surface area (Å²) in [6.45, 7) is 0.894. The van der Waals surface area contributed by atoms with Crippen LogP contribution in [0.4, 0.5) is 4.39 Å². The first-order valence-electron chi connectivity index (χ1n) is 8.84. The standard InChI is InChI=1S/C21H20FN3O/c22-17-9-4-8-16(14-17)19(15-6-2-1-3-7-15)24-21(26)18-10-5-12-25-13-11-23-20(18)25/h1-4,6-9,11,13-14,18-19H,5,10,12H2,(H,24,26)/t18-,19-/m0/s1. The summed E-state index contributed by atoms with van der Waals surface area (Å²) < 4.78 is 15.8. The van der Waals surface area contributed by atoms with E-state index in [0.29, 0.717) is 0 Å². The van der Waals surface area contributed by atoms with Crippen LogP contribution >= 0.6 is 0 Å². The number of aromatic nitrogens is 2. The highest BCUT2D eigenvalue weighted by Gasteiger charge is 2.30. The topological polar surface area (TPSA) is 46.9 Å². The van der Waals surface area contributed by atoms with Gasteiger partial charge in [-0.3, -0.25) is 4.79 Å². The van der Waals surface area contributed by atoms with Crippen LogP contribution in [0, 0.1) is 5.82 Å². The lowest BCUT2D eigenvalue weighted by molar-refractivity contribution is -0.123. The van der Waals surface area contributed by atoms with E-state index in [9.17, 15) is 9.18 Å². The zero-order valence-electron chi connectivity index (χ0n) is 14.3. The number of carbonyl (C=O) groups is 1. The van der Waals surface area contributed by atoms with Crippen molar-refractivity contribution >= 4 is 5.91 Å². The van der Waals surface area contributed by atoms with Crippen LogP contribution in [0.1, 0.15) is 41.8 Å². The quantitative estimate of drug-likeness (QED) is 0.779. The van der Waals surface area contributed by atoms with E-state index in [1.165, 1.54) is 12.1 Å². The highest BCUT2D eigenvalue weighted by atomic mass is 19.1. The molecule has 3 aromatic rings. The molecule has 1 aliphatic heterocycles. The first kappa shape index (κ1) is 16.5. The third-order valence-electron chi connectivity index (χ3n) is 4.87. The second-order valence-electron chi connectivity index (χ2n) is 6.58. The molecule has 1 aromatic heterocycles. The lowest BCUT2D eigenvalue weighted by atomic mass is 9.94. The van der Waals surface area contributed by atoms with Gasteiger partial charge in [0, 0.05) is 18.9 Å². The molecule has 4 rings (SSSR count). The van der Waals surface area contributed by atoms with E-state index in [1.807, 2.05) is 47.2 Å². The Labute approximate surface area is 151 Å². The van der Waals surface area contributed by atoms with Crippen LogP contribution in [0.2, 0.25) is 0 Å². The van der Waals surface area contributed by atoms with Crippen molar-refractivity contribution < 1.29 is 9.18 Å². The van der Waals surface area contributed by atoms with Gasteiger partial charge in [0.15, 0.2) is 0 Å². The first-order chi connectivity index (χ1) is 12.7. The van der Waals surface area contributed by atoms with Gasteiger partial charge in [-0.15, -0.1) is 0 Å². The number of carbonyl (C=O) groups excluding carboxylic acids is 1. The highest BCUT2D eigenvalue weighted by Crippen LogP contribution is 2.29. The van der Waals surface area contributed by atoms with Gasteiger partial charge in [0.1, 0.15) is 11.6 Å². The molecule has 1 aliphatic rings. The van der Waals surface area contributed by atoms with Crippen LogP contribution in [-0.4, -0.2) is 15.5 Å². The predicted octanol–water partition coefficient (Wildman–Crippen LogP) is 3.81. The molecule has 0 spiro atoms. The minimum atomic E-state index is -0.398. The van der Waals surface area contributed by atoms with Crippen LogP contribution < -0.4 is 5.32 Å². The summed E-state index contributed by atoms with van der Waals surface area (Å²) in [5, 5.41) is 3.12. The largest absolute Gasteiger partial charge is 0.345 e. The van der Waals surface area contributed by atoms with Gasteiger partial charge in [-0.05, 0) is 36.1 Å². The number of nitrogens with zero attached hydrogens (tertiary/aromatic N) is 2. The number of halogens is 1. The van der Waals surface area contributed by atoms with Gasteiger partial charge in [-0.1, -0.05) is 42.5 Å². The Morgan fingerprint density at radius 3 is 2.77 bits per heavy atom. The summed E-state index contributed by atoms with van der Waals surface area (Å²) in [5.74, 6) is 0.138. The molecule has 5 heteroatoms. The molecule has 0 fully saturated rings. The van der Waals surface area contributed by atoms with Gasteiger partial charge >= 0.3 is 0 Å². The summed E-state index contributed by atoms with van der Waals surface area (Å²) in [6.07, 6.45) is 5.36. The Balaban J connectivity index is 1.65. The molecule has 2 aromatic carbocycles. The molecule has 0 radical (unpaired) electrons. The summed E-state index contributed by atoms with van der Waals surface area (Å²) in [6, 6.07) is 15.6. The Kier molecular flexibility index (Phi) is 4.52. The Hall–Kier alpha value is -2.95. The molecular weight excluding hydrogens is 329 g/mol. The monoisotopic (exact) mass is 349 g/mol. The maximum Gasteiger partial charge on any atom is 0.231 e. The number of hydrogen-bond acceptors (Lipinski definition) is 2. The number of hydrogen-bond donors (Lipinski definition) is 1. The van der Waals surface area contributed by atoms with E-state index < -0.39 is 6.04 Å². The zero-order valence-corrected chi connectivity index (χ0v) is 14.3. The molecule has 1 amide bonds. The third-order valence-corrected chi connectivity index (χ3v) is 4.87. The van der Waals surface area contributed by atoms with Crippen LogP contribution in [0.5, 0.6) is 0 Å². The maximum atomic E-state index is 13.8. The second kappa shape index (κ2) is 7.12. The number of rotatable bonds is 4. The Morgan fingerprint density at radius 2 is 1.96 bits per heavy atom. The minimum Gasteiger partial charge on any atom is -0.345 e. The van der Waals surface area contributed by atoms with Crippen molar-refractivity contribution in [1.82, 2.24) is 14.9 Å². The average molecular weight is 349 g/mol. The van der Waals surface area contributed by atoms with E-state index in [0.717, 1.165) is 36.3 Å². The normalized spacial score (nSPS) is 17.3. The van der Waals surface area contributed by atoms with Crippen molar-refractivity contribution in [2.24, 2.45) is 0 Å². The number of amides is 1.